The van der Waals surface area contributed by atoms with Crippen LogP contribution < -0.4 is 10.1 Å². The Morgan fingerprint density at radius 3 is 2.68 bits per heavy atom. The molecular formula is C14H19NO4. The molecule has 5 nitrogen and oxygen atoms in total. The van der Waals surface area contributed by atoms with Crippen molar-refractivity contribution in [1.29, 1.82) is 0 Å². The van der Waals surface area contributed by atoms with Crippen molar-refractivity contribution in [2.45, 2.75) is 25.8 Å². The van der Waals surface area contributed by atoms with Crippen LogP contribution in [0.3, 0.4) is 0 Å². The van der Waals surface area contributed by atoms with Crippen molar-refractivity contribution in [1.82, 2.24) is 5.32 Å². The summed E-state index contributed by atoms with van der Waals surface area (Å²) in [6.45, 7) is 1.59. The topological polar surface area (TPSA) is 64.6 Å². The van der Waals surface area contributed by atoms with Gasteiger partial charge in [-0.1, -0.05) is 12.1 Å². The number of carbonyl (C=O) groups excluding carboxylic acids is 2. The fourth-order valence-electron chi connectivity index (χ4n) is 1.64. The van der Waals surface area contributed by atoms with Crippen molar-refractivity contribution < 1.29 is 19.1 Å². The summed E-state index contributed by atoms with van der Waals surface area (Å²) in [4.78, 5) is 22.8. The molecule has 5 heteroatoms. The number of rotatable bonds is 6. The molecule has 0 bridgehead atoms. The van der Waals surface area contributed by atoms with Crippen molar-refractivity contribution >= 4 is 11.9 Å². The molecule has 19 heavy (non-hydrogen) atoms. The van der Waals surface area contributed by atoms with Crippen molar-refractivity contribution in [3.05, 3.63) is 29.8 Å². The number of hydrogen-bond donors (Lipinski definition) is 1. The number of ether oxygens (including phenoxy) is 2. The summed E-state index contributed by atoms with van der Waals surface area (Å²) < 4.78 is 9.65. The first-order valence-corrected chi connectivity index (χ1v) is 6.07. The van der Waals surface area contributed by atoms with Crippen LogP contribution in [0.4, 0.5) is 0 Å². The molecule has 1 amide bonds. The van der Waals surface area contributed by atoms with Gasteiger partial charge in [0.15, 0.2) is 0 Å². The summed E-state index contributed by atoms with van der Waals surface area (Å²) in [6, 6.07) is 6.92. The Balaban J connectivity index is 2.43. The molecule has 0 spiro atoms. The van der Waals surface area contributed by atoms with Crippen LogP contribution in [0.1, 0.15) is 18.9 Å². The quantitative estimate of drug-likeness (QED) is 0.788. The monoisotopic (exact) mass is 265 g/mol. The zero-order valence-electron chi connectivity index (χ0n) is 11.4. The Morgan fingerprint density at radius 1 is 1.32 bits per heavy atom. The van der Waals surface area contributed by atoms with E-state index >= 15 is 0 Å². The molecule has 0 radical (unpaired) electrons. The maximum absolute atomic E-state index is 11.7. The van der Waals surface area contributed by atoms with Gasteiger partial charge in [0.1, 0.15) is 11.8 Å². The van der Waals surface area contributed by atoms with E-state index in [1.165, 1.54) is 7.11 Å². The minimum atomic E-state index is -0.622. The molecule has 0 aliphatic heterocycles. The van der Waals surface area contributed by atoms with Gasteiger partial charge < -0.3 is 14.8 Å². The molecule has 0 aromatic heterocycles. The Kier molecular flexibility index (Phi) is 5.85. The smallest absolute Gasteiger partial charge is 0.328 e. The number of aryl methyl sites for hydroxylation is 1. The second-order valence-corrected chi connectivity index (χ2v) is 4.16. The maximum atomic E-state index is 11.7. The van der Waals surface area contributed by atoms with Gasteiger partial charge in [-0.15, -0.1) is 0 Å². The molecule has 1 unspecified atom stereocenters. The maximum Gasteiger partial charge on any atom is 0.328 e. The van der Waals surface area contributed by atoms with E-state index in [1.807, 2.05) is 24.3 Å². The highest BCUT2D eigenvalue weighted by molar-refractivity contribution is 5.84. The molecule has 0 fully saturated rings. The summed E-state index contributed by atoms with van der Waals surface area (Å²) in [7, 11) is 2.89. The largest absolute Gasteiger partial charge is 0.497 e. The Morgan fingerprint density at radius 2 is 2.05 bits per heavy atom. The second kappa shape index (κ2) is 7.41. The van der Waals surface area contributed by atoms with Crippen LogP contribution in [-0.4, -0.2) is 32.1 Å². The van der Waals surface area contributed by atoms with Crippen LogP contribution in [0.25, 0.3) is 0 Å². The highest BCUT2D eigenvalue weighted by Crippen LogP contribution is 2.13. The average molecular weight is 265 g/mol. The van der Waals surface area contributed by atoms with Crippen LogP contribution in [0, 0.1) is 0 Å². The lowest BCUT2D eigenvalue weighted by atomic mass is 10.1. The van der Waals surface area contributed by atoms with E-state index in [0.29, 0.717) is 12.8 Å². The number of carbonyl (C=O) groups is 2. The molecule has 1 atom stereocenters. The van der Waals surface area contributed by atoms with Gasteiger partial charge in [-0.25, -0.2) is 4.79 Å². The lowest BCUT2D eigenvalue weighted by molar-refractivity contribution is -0.144. The van der Waals surface area contributed by atoms with Gasteiger partial charge in [-0.05, 0) is 31.0 Å². The first-order chi connectivity index (χ1) is 9.06. The summed E-state index contributed by atoms with van der Waals surface area (Å²) >= 11 is 0. The molecule has 0 heterocycles. The molecule has 0 aliphatic carbocycles. The average Bonchev–Trinajstić information content (AvgIpc) is 2.44. The number of amides is 1. The highest BCUT2D eigenvalue weighted by atomic mass is 16.5. The van der Waals surface area contributed by atoms with E-state index in [1.54, 1.807) is 14.0 Å². The zero-order chi connectivity index (χ0) is 14.3. The predicted molar refractivity (Wildman–Crippen MR) is 70.9 cm³/mol. The third kappa shape index (κ3) is 4.99. The van der Waals surface area contributed by atoms with E-state index < -0.39 is 12.0 Å². The fourth-order valence-corrected chi connectivity index (χ4v) is 1.64. The van der Waals surface area contributed by atoms with E-state index in [9.17, 15) is 9.59 Å². The van der Waals surface area contributed by atoms with E-state index in [0.717, 1.165) is 11.3 Å². The van der Waals surface area contributed by atoms with Crippen LogP contribution in [-0.2, 0) is 20.7 Å². The van der Waals surface area contributed by atoms with Gasteiger partial charge in [0, 0.05) is 6.42 Å². The molecule has 0 saturated heterocycles. The minimum Gasteiger partial charge on any atom is -0.497 e. The Hall–Kier alpha value is -2.04. The predicted octanol–water partition coefficient (Wildman–Crippen LogP) is 1.31. The van der Waals surface area contributed by atoms with Crippen molar-refractivity contribution in [3.8, 4) is 5.75 Å². The molecular weight excluding hydrogens is 246 g/mol. The Labute approximate surface area is 112 Å². The van der Waals surface area contributed by atoms with Crippen molar-refractivity contribution in [2.75, 3.05) is 14.2 Å². The first-order valence-electron chi connectivity index (χ1n) is 6.07. The van der Waals surface area contributed by atoms with Gasteiger partial charge >= 0.3 is 5.97 Å². The Bertz CT molecular complexity index is 445. The van der Waals surface area contributed by atoms with Crippen LogP contribution in [0.5, 0.6) is 5.75 Å². The van der Waals surface area contributed by atoms with E-state index in [-0.39, 0.29) is 5.91 Å². The number of benzene rings is 1. The highest BCUT2D eigenvalue weighted by Gasteiger charge is 2.15. The van der Waals surface area contributed by atoms with Crippen LogP contribution >= 0.6 is 0 Å². The number of esters is 1. The fraction of sp³-hybridized carbons (Fsp3) is 0.429. The summed E-state index contributed by atoms with van der Waals surface area (Å²) in [5.74, 6) is 0.135. The third-order valence-electron chi connectivity index (χ3n) is 2.71. The minimum absolute atomic E-state index is 0.180. The number of nitrogens with one attached hydrogen (secondary N) is 1. The SMILES string of the molecule is COC(=O)C(C)NC(=O)CCc1cccc(OC)c1. The second-order valence-electron chi connectivity index (χ2n) is 4.16. The summed E-state index contributed by atoms with van der Waals surface area (Å²) in [5, 5.41) is 2.58. The first kappa shape index (κ1) is 15.0. The molecule has 1 aromatic rings. The normalized spacial score (nSPS) is 11.5. The van der Waals surface area contributed by atoms with Crippen molar-refractivity contribution in [2.24, 2.45) is 0 Å². The van der Waals surface area contributed by atoms with Gasteiger partial charge in [0.05, 0.1) is 14.2 Å². The van der Waals surface area contributed by atoms with Gasteiger partial charge in [0.2, 0.25) is 5.91 Å². The molecule has 1 aromatic carbocycles. The standard InChI is InChI=1S/C14H19NO4/c1-10(14(17)19-3)15-13(16)8-7-11-5-4-6-12(9-11)18-2/h4-6,9-10H,7-8H2,1-3H3,(H,15,16). The number of hydrogen-bond acceptors (Lipinski definition) is 4. The summed E-state index contributed by atoms with van der Waals surface area (Å²) in [6.07, 6.45) is 0.908. The molecule has 0 aliphatic rings. The van der Waals surface area contributed by atoms with E-state index in [4.69, 9.17) is 4.74 Å². The lowest BCUT2D eigenvalue weighted by Gasteiger charge is -2.11. The third-order valence-corrected chi connectivity index (χ3v) is 2.71. The van der Waals surface area contributed by atoms with Gasteiger partial charge in [-0.2, -0.15) is 0 Å². The van der Waals surface area contributed by atoms with Crippen molar-refractivity contribution in [3.63, 3.8) is 0 Å². The summed E-state index contributed by atoms with van der Waals surface area (Å²) in [5.41, 5.74) is 1.01. The van der Waals surface area contributed by atoms with E-state index in [2.05, 4.69) is 10.1 Å². The molecule has 104 valence electrons. The lowest BCUT2D eigenvalue weighted by Crippen LogP contribution is -2.39. The number of methoxy groups -OCH3 is 2. The molecule has 0 saturated carbocycles. The zero-order valence-corrected chi connectivity index (χ0v) is 11.4. The van der Waals surface area contributed by atoms with Crippen LogP contribution in [0.15, 0.2) is 24.3 Å². The van der Waals surface area contributed by atoms with Crippen LogP contribution in [0.2, 0.25) is 0 Å². The van der Waals surface area contributed by atoms with Gasteiger partial charge in [-0.3, -0.25) is 4.79 Å². The van der Waals surface area contributed by atoms with Gasteiger partial charge in [0.25, 0.3) is 0 Å². The molecule has 1 N–H and O–H groups in total. The molecule has 1 rings (SSSR count).